The molecule has 1 aliphatic rings. The molecule has 0 radical (unpaired) electrons. The molecule has 1 aromatic heterocycles. The molecule has 0 spiro atoms. The van der Waals surface area contributed by atoms with Crippen molar-refractivity contribution in [2.45, 2.75) is 6.54 Å². The van der Waals surface area contributed by atoms with Gasteiger partial charge < -0.3 is 4.74 Å². The second-order valence-corrected chi connectivity index (χ2v) is 4.77. The zero-order valence-electron chi connectivity index (χ0n) is 11.1. The predicted octanol–water partition coefficient (Wildman–Crippen LogP) is 2.98. The molecule has 2 aromatic carbocycles. The van der Waals surface area contributed by atoms with E-state index in [4.69, 9.17) is 4.74 Å². The van der Waals surface area contributed by atoms with E-state index in [1.54, 1.807) is 7.11 Å². The number of hydrogen-bond donors (Lipinski definition) is 0. The summed E-state index contributed by atoms with van der Waals surface area (Å²) in [7, 11) is 1.66. The average molecular weight is 263 g/mol. The molecule has 0 fully saturated rings. The number of ether oxygens (including phenoxy) is 1. The molecule has 0 saturated carbocycles. The van der Waals surface area contributed by atoms with Gasteiger partial charge in [0, 0.05) is 5.56 Å². The van der Waals surface area contributed by atoms with Crippen LogP contribution in [0.25, 0.3) is 22.8 Å². The van der Waals surface area contributed by atoms with Crippen LogP contribution in [0.2, 0.25) is 0 Å². The summed E-state index contributed by atoms with van der Waals surface area (Å²) in [5.74, 6) is 2.44. The average Bonchev–Trinajstić information content (AvgIpc) is 3.04. The van der Waals surface area contributed by atoms with E-state index in [0.717, 1.165) is 23.7 Å². The summed E-state index contributed by atoms with van der Waals surface area (Å²) in [5, 5.41) is 4.61. The number of para-hydroxylation sites is 1. The molecular weight excluding hydrogens is 250 g/mol. The van der Waals surface area contributed by atoms with Crippen LogP contribution in [-0.2, 0) is 6.54 Å². The van der Waals surface area contributed by atoms with Crippen molar-refractivity contribution >= 4 is 0 Å². The quantitative estimate of drug-likeness (QED) is 0.558. The van der Waals surface area contributed by atoms with Gasteiger partial charge in [-0.2, -0.15) is 0 Å². The molecule has 0 saturated heterocycles. The van der Waals surface area contributed by atoms with Crippen LogP contribution in [-0.4, -0.2) is 21.9 Å². The number of fused-ring (bicyclic) bond motifs is 3. The van der Waals surface area contributed by atoms with Gasteiger partial charge in [0.15, 0.2) is 11.6 Å². The second kappa shape index (κ2) is 4.20. The van der Waals surface area contributed by atoms with Gasteiger partial charge in [-0.1, -0.05) is 36.4 Å². The van der Waals surface area contributed by atoms with Crippen LogP contribution in [0, 0.1) is 0 Å². The van der Waals surface area contributed by atoms with Crippen LogP contribution in [0.3, 0.4) is 0 Å². The van der Waals surface area contributed by atoms with Gasteiger partial charge in [-0.15, -0.1) is 5.10 Å². The molecule has 0 N–H and O–H groups in total. The van der Waals surface area contributed by atoms with Crippen molar-refractivity contribution in [3.63, 3.8) is 0 Å². The number of nitrogens with zero attached hydrogens (tertiary/aromatic N) is 3. The molecule has 0 bridgehead atoms. The van der Waals surface area contributed by atoms with Crippen LogP contribution in [0.1, 0.15) is 5.56 Å². The van der Waals surface area contributed by atoms with Crippen molar-refractivity contribution < 1.29 is 4.74 Å². The third kappa shape index (κ3) is 1.54. The lowest BCUT2D eigenvalue weighted by Crippen LogP contribution is -1.96. The highest BCUT2D eigenvalue weighted by Gasteiger charge is 2.23. The van der Waals surface area contributed by atoms with E-state index in [0.29, 0.717) is 5.82 Å². The van der Waals surface area contributed by atoms with Gasteiger partial charge in [0.1, 0.15) is 5.75 Å². The van der Waals surface area contributed by atoms with Crippen LogP contribution < -0.4 is 4.74 Å². The van der Waals surface area contributed by atoms with Crippen molar-refractivity contribution in [2.75, 3.05) is 7.11 Å². The van der Waals surface area contributed by atoms with E-state index in [-0.39, 0.29) is 0 Å². The lowest BCUT2D eigenvalue weighted by Gasteiger charge is -2.04. The summed E-state index contributed by atoms with van der Waals surface area (Å²) in [6.07, 6.45) is 0. The largest absolute Gasteiger partial charge is 0.496 e. The van der Waals surface area contributed by atoms with Crippen molar-refractivity contribution in [3.8, 4) is 28.5 Å². The van der Waals surface area contributed by atoms with Crippen molar-refractivity contribution in [2.24, 2.45) is 0 Å². The fraction of sp³-hybridized carbons (Fsp3) is 0.125. The molecule has 20 heavy (non-hydrogen) atoms. The highest BCUT2D eigenvalue weighted by Crippen LogP contribution is 2.33. The fourth-order valence-corrected chi connectivity index (χ4v) is 2.63. The smallest absolute Gasteiger partial charge is 0.185 e. The van der Waals surface area contributed by atoms with Gasteiger partial charge in [-0.3, -0.25) is 0 Å². The topological polar surface area (TPSA) is 39.9 Å². The van der Waals surface area contributed by atoms with Gasteiger partial charge in [-0.05, 0) is 17.7 Å². The molecule has 0 unspecified atom stereocenters. The van der Waals surface area contributed by atoms with E-state index >= 15 is 0 Å². The normalized spacial score (nSPS) is 12.1. The molecule has 3 aromatic rings. The Morgan fingerprint density at radius 3 is 2.60 bits per heavy atom. The van der Waals surface area contributed by atoms with E-state index < -0.39 is 0 Å². The molecule has 98 valence electrons. The first-order valence-electron chi connectivity index (χ1n) is 6.53. The Morgan fingerprint density at radius 2 is 1.75 bits per heavy atom. The molecule has 0 aliphatic carbocycles. The summed E-state index contributed by atoms with van der Waals surface area (Å²) in [5.41, 5.74) is 3.37. The minimum absolute atomic E-state index is 0.715. The van der Waals surface area contributed by atoms with Crippen LogP contribution in [0.4, 0.5) is 0 Å². The van der Waals surface area contributed by atoms with E-state index in [2.05, 4.69) is 22.2 Å². The first kappa shape index (κ1) is 11.2. The predicted molar refractivity (Wildman–Crippen MR) is 76.5 cm³/mol. The highest BCUT2D eigenvalue weighted by atomic mass is 16.5. The van der Waals surface area contributed by atoms with Gasteiger partial charge >= 0.3 is 0 Å². The summed E-state index contributed by atoms with van der Waals surface area (Å²) < 4.78 is 7.33. The minimum Gasteiger partial charge on any atom is -0.496 e. The van der Waals surface area contributed by atoms with Gasteiger partial charge in [-0.25, -0.2) is 9.67 Å². The zero-order chi connectivity index (χ0) is 13.5. The van der Waals surface area contributed by atoms with Crippen LogP contribution in [0.5, 0.6) is 5.75 Å². The lowest BCUT2D eigenvalue weighted by molar-refractivity contribution is 0.416. The zero-order valence-corrected chi connectivity index (χ0v) is 11.1. The maximum Gasteiger partial charge on any atom is 0.185 e. The molecule has 1 aliphatic heterocycles. The number of rotatable bonds is 2. The minimum atomic E-state index is 0.715. The highest BCUT2D eigenvalue weighted by molar-refractivity contribution is 5.70. The first-order chi connectivity index (χ1) is 9.86. The third-order valence-electron chi connectivity index (χ3n) is 3.60. The van der Waals surface area contributed by atoms with Crippen molar-refractivity contribution in [1.29, 1.82) is 0 Å². The fourth-order valence-electron chi connectivity index (χ4n) is 2.63. The molecule has 2 heterocycles. The second-order valence-electron chi connectivity index (χ2n) is 4.77. The van der Waals surface area contributed by atoms with Crippen LogP contribution in [0.15, 0.2) is 48.5 Å². The molecular formula is C16H13N3O. The maximum absolute atomic E-state index is 5.38. The molecule has 0 atom stereocenters. The number of aromatic nitrogens is 3. The van der Waals surface area contributed by atoms with Crippen LogP contribution >= 0.6 is 0 Å². The van der Waals surface area contributed by atoms with Crippen molar-refractivity contribution in [1.82, 2.24) is 14.8 Å². The lowest BCUT2D eigenvalue weighted by atomic mass is 10.1. The molecule has 4 heteroatoms. The number of benzene rings is 2. The van der Waals surface area contributed by atoms with E-state index in [1.807, 2.05) is 41.1 Å². The molecule has 4 rings (SSSR count). The van der Waals surface area contributed by atoms with Gasteiger partial charge in [0.05, 0.1) is 19.2 Å². The summed E-state index contributed by atoms with van der Waals surface area (Å²) in [4.78, 5) is 4.68. The standard InChI is InChI=1S/C16H13N3O/c1-20-14-9-5-4-8-13(14)15-17-16-12-7-3-2-6-11(12)10-19(16)18-15/h2-9H,10H2,1H3. The Kier molecular flexibility index (Phi) is 2.36. The summed E-state index contributed by atoms with van der Waals surface area (Å²) >= 11 is 0. The molecule has 0 amide bonds. The maximum atomic E-state index is 5.38. The Labute approximate surface area is 116 Å². The van der Waals surface area contributed by atoms with E-state index in [9.17, 15) is 0 Å². The number of methoxy groups -OCH3 is 1. The van der Waals surface area contributed by atoms with Crippen molar-refractivity contribution in [3.05, 3.63) is 54.1 Å². The van der Waals surface area contributed by atoms with Gasteiger partial charge in [0.25, 0.3) is 0 Å². The SMILES string of the molecule is COc1ccccc1-c1nc2n(n1)Cc1ccccc1-2. The molecule has 4 nitrogen and oxygen atoms in total. The Balaban J connectivity index is 1.85. The Bertz CT molecular complexity index is 792. The monoisotopic (exact) mass is 263 g/mol. The summed E-state index contributed by atoms with van der Waals surface area (Å²) in [6.45, 7) is 0.785. The van der Waals surface area contributed by atoms with Gasteiger partial charge in [0.2, 0.25) is 0 Å². The Hall–Kier alpha value is -2.62. The summed E-state index contributed by atoms with van der Waals surface area (Å²) in [6, 6.07) is 16.1. The number of hydrogen-bond acceptors (Lipinski definition) is 3. The van der Waals surface area contributed by atoms with E-state index in [1.165, 1.54) is 11.1 Å². The third-order valence-corrected chi connectivity index (χ3v) is 3.60. The first-order valence-corrected chi connectivity index (χ1v) is 6.53. The Morgan fingerprint density at radius 1 is 1.00 bits per heavy atom.